The van der Waals surface area contributed by atoms with Crippen LogP contribution in [0.4, 0.5) is 48.3 Å². The lowest BCUT2D eigenvalue weighted by molar-refractivity contribution is -0.474. The Balaban J connectivity index is 1.76. The standard InChI is InChI=1S/C34H32F11NO6/c1-2-3-4-5-6-7-8-9-20-50-24-16-14-22(15-17-24)21-10-12-23(13-11-21)27-25(28(47)48)18-19-26(46-27)51-29(49)30(35,32(38,39)40)52-34(44,45)31(36,37)33(41,42)43/h10-19H,2-9,20H2,1H3,(H,47,48). The van der Waals surface area contributed by atoms with Crippen molar-refractivity contribution in [2.24, 2.45) is 0 Å². The van der Waals surface area contributed by atoms with Crippen molar-refractivity contribution in [3.8, 4) is 34.0 Å². The molecule has 1 atom stereocenters. The fraction of sp³-hybridized carbons (Fsp3) is 0.441. The number of carboxylic acid groups (broad SMARTS) is 1. The van der Waals surface area contributed by atoms with Gasteiger partial charge in [-0.3, -0.25) is 4.74 Å². The first-order chi connectivity index (χ1) is 24.1. The van der Waals surface area contributed by atoms with Gasteiger partial charge in [-0.05, 0) is 35.7 Å². The van der Waals surface area contributed by atoms with E-state index in [-0.39, 0.29) is 5.56 Å². The van der Waals surface area contributed by atoms with Crippen molar-refractivity contribution in [1.82, 2.24) is 4.98 Å². The highest BCUT2D eigenvalue weighted by atomic mass is 19.4. The van der Waals surface area contributed by atoms with E-state index in [2.05, 4.69) is 21.4 Å². The van der Waals surface area contributed by atoms with E-state index in [4.69, 9.17) is 4.74 Å². The Hall–Kier alpha value is -4.48. The summed E-state index contributed by atoms with van der Waals surface area (Å²) >= 11 is 0. The lowest BCUT2D eigenvalue weighted by atomic mass is 10.0. The van der Waals surface area contributed by atoms with Gasteiger partial charge in [0, 0.05) is 11.6 Å². The highest BCUT2D eigenvalue weighted by Gasteiger charge is 2.80. The van der Waals surface area contributed by atoms with Crippen molar-refractivity contribution in [3.05, 3.63) is 66.2 Å². The van der Waals surface area contributed by atoms with Crippen LogP contribution < -0.4 is 9.47 Å². The van der Waals surface area contributed by atoms with Gasteiger partial charge in [-0.1, -0.05) is 88.3 Å². The minimum Gasteiger partial charge on any atom is -0.494 e. The average molecular weight is 760 g/mol. The van der Waals surface area contributed by atoms with E-state index in [0.29, 0.717) is 35.6 Å². The topological polar surface area (TPSA) is 95.0 Å². The highest BCUT2D eigenvalue weighted by Crippen LogP contribution is 2.51. The summed E-state index contributed by atoms with van der Waals surface area (Å²) in [5, 5.41) is 9.57. The van der Waals surface area contributed by atoms with Crippen LogP contribution in [-0.2, 0) is 9.53 Å². The van der Waals surface area contributed by atoms with E-state index in [1.165, 1.54) is 56.4 Å². The van der Waals surface area contributed by atoms with Gasteiger partial charge in [0.05, 0.1) is 17.9 Å². The third kappa shape index (κ3) is 10.1. The number of benzene rings is 2. The van der Waals surface area contributed by atoms with Gasteiger partial charge in [0.1, 0.15) is 5.75 Å². The molecule has 286 valence electrons. The second kappa shape index (κ2) is 16.9. The number of unbranched alkanes of at least 4 members (excludes halogenated alkanes) is 7. The number of esters is 1. The summed E-state index contributed by atoms with van der Waals surface area (Å²) in [5.74, 6) is -20.0. The molecule has 0 aliphatic carbocycles. The molecule has 0 bridgehead atoms. The number of aromatic nitrogens is 1. The Bertz CT molecular complexity index is 1650. The molecule has 3 rings (SSSR count). The Labute approximate surface area is 289 Å². The van der Waals surface area contributed by atoms with Gasteiger partial charge >= 0.3 is 42.2 Å². The Kier molecular flexibility index (Phi) is 13.6. The zero-order chi connectivity index (χ0) is 39.0. The predicted molar refractivity (Wildman–Crippen MR) is 163 cm³/mol. The van der Waals surface area contributed by atoms with E-state index in [9.17, 15) is 63.0 Å². The van der Waals surface area contributed by atoms with Crippen molar-refractivity contribution in [1.29, 1.82) is 0 Å². The monoisotopic (exact) mass is 759 g/mol. The normalized spacial score (nSPS) is 13.8. The maximum atomic E-state index is 14.7. The van der Waals surface area contributed by atoms with Crippen molar-refractivity contribution in [3.63, 3.8) is 0 Å². The van der Waals surface area contributed by atoms with E-state index >= 15 is 0 Å². The molecule has 1 unspecified atom stereocenters. The minimum atomic E-state index is -7.40. The van der Waals surface area contributed by atoms with Crippen LogP contribution in [0.25, 0.3) is 22.4 Å². The number of nitrogens with zero attached hydrogens (tertiary/aromatic N) is 1. The second-order valence-electron chi connectivity index (χ2n) is 11.4. The minimum absolute atomic E-state index is 0.0701. The molecule has 0 saturated heterocycles. The maximum Gasteiger partial charge on any atom is 0.462 e. The molecular weight excluding hydrogens is 727 g/mol. The van der Waals surface area contributed by atoms with E-state index in [1.54, 1.807) is 24.3 Å². The zero-order valence-electron chi connectivity index (χ0n) is 27.2. The maximum absolute atomic E-state index is 14.7. The molecule has 3 aromatic rings. The third-order valence-electron chi connectivity index (χ3n) is 7.53. The van der Waals surface area contributed by atoms with Gasteiger partial charge < -0.3 is 14.6 Å². The molecule has 1 heterocycles. The first-order valence-electron chi connectivity index (χ1n) is 15.7. The van der Waals surface area contributed by atoms with Crippen LogP contribution in [0.5, 0.6) is 11.6 Å². The summed E-state index contributed by atoms with van der Waals surface area (Å²) in [6, 6.07) is 13.4. The molecule has 1 aromatic heterocycles. The SMILES string of the molecule is CCCCCCCCCCOc1ccc(-c2ccc(-c3nc(OC(=O)C(F)(OC(F)(F)C(F)(F)C(F)(F)F)C(F)(F)F)ccc3C(=O)O)cc2)cc1. The predicted octanol–water partition coefficient (Wildman–Crippen LogP) is 10.6. The fourth-order valence-corrected chi connectivity index (χ4v) is 4.66. The number of ether oxygens (including phenoxy) is 3. The quantitative estimate of drug-likeness (QED) is 0.0784. The number of rotatable bonds is 18. The van der Waals surface area contributed by atoms with Gasteiger partial charge in [-0.2, -0.15) is 48.3 Å². The number of aromatic carboxylic acids is 1. The van der Waals surface area contributed by atoms with Crippen LogP contribution in [0.1, 0.15) is 68.6 Å². The van der Waals surface area contributed by atoms with Gasteiger partial charge in [0.2, 0.25) is 5.88 Å². The molecule has 0 aliphatic heterocycles. The number of hydrogen-bond donors (Lipinski definition) is 1. The molecule has 52 heavy (non-hydrogen) atoms. The van der Waals surface area contributed by atoms with E-state index in [1.807, 2.05) is 0 Å². The lowest BCUT2D eigenvalue weighted by Gasteiger charge is -2.33. The molecule has 0 aliphatic rings. The lowest BCUT2D eigenvalue weighted by Crippen LogP contribution is -2.62. The molecule has 0 fully saturated rings. The number of hydrogen-bond acceptors (Lipinski definition) is 6. The number of carbonyl (C=O) groups is 2. The summed E-state index contributed by atoms with van der Waals surface area (Å²) in [4.78, 5) is 27.4. The highest BCUT2D eigenvalue weighted by molar-refractivity contribution is 5.95. The molecule has 18 heteroatoms. The summed E-state index contributed by atoms with van der Waals surface area (Å²) in [6.45, 7) is 2.70. The molecule has 7 nitrogen and oxygen atoms in total. The summed E-state index contributed by atoms with van der Waals surface area (Å²) < 4.78 is 158. The molecular formula is C34H32F11NO6. The van der Waals surface area contributed by atoms with E-state index < -0.39 is 59.3 Å². The Morgan fingerprint density at radius 1 is 0.654 bits per heavy atom. The number of carbonyl (C=O) groups excluding carboxylic acids is 1. The third-order valence-corrected chi connectivity index (χ3v) is 7.53. The summed E-state index contributed by atoms with van der Waals surface area (Å²) in [7, 11) is 0. The molecule has 2 aromatic carbocycles. The molecule has 0 radical (unpaired) electrons. The van der Waals surface area contributed by atoms with Crippen molar-refractivity contribution in [2.75, 3.05) is 6.61 Å². The van der Waals surface area contributed by atoms with Crippen LogP contribution in [0.15, 0.2) is 60.7 Å². The second-order valence-corrected chi connectivity index (χ2v) is 11.4. The van der Waals surface area contributed by atoms with Crippen LogP contribution in [0, 0.1) is 0 Å². The first kappa shape index (κ1) is 41.9. The average Bonchev–Trinajstić information content (AvgIpc) is 3.06. The molecule has 1 N–H and O–H groups in total. The molecule has 0 amide bonds. The number of pyridine rings is 1. The number of halogens is 11. The van der Waals surface area contributed by atoms with Gasteiger partial charge in [-0.25, -0.2) is 14.6 Å². The van der Waals surface area contributed by atoms with Crippen molar-refractivity contribution in [2.45, 2.75) is 88.5 Å². The first-order valence-corrected chi connectivity index (χ1v) is 15.7. The summed E-state index contributed by atoms with van der Waals surface area (Å²) in [5.41, 5.74) is -0.0708. The van der Waals surface area contributed by atoms with Gasteiger partial charge in [-0.15, -0.1) is 0 Å². The van der Waals surface area contributed by atoms with Crippen molar-refractivity contribution < 1.29 is 77.2 Å². The van der Waals surface area contributed by atoms with E-state index in [0.717, 1.165) is 19.3 Å². The molecule has 0 saturated carbocycles. The number of alkyl halides is 11. The van der Waals surface area contributed by atoms with Gasteiger partial charge in [0.15, 0.2) is 0 Å². The largest absolute Gasteiger partial charge is 0.494 e. The fourth-order valence-electron chi connectivity index (χ4n) is 4.66. The van der Waals surface area contributed by atoms with Crippen LogP contribution >= 0.6 is 0 Å². The molecule has 0 spiro atoms. The zero-order valence-corrected chi connectivity index (χ0v) is 27.2. The summed E-state index contributed by atoms with van der Waals surface area (Å²) in [6.07, 6.45) is -12.4. The Morgan fingerprint density at radius 3 is 1.65 bits per heavy atom. The van der Waals surface area contributed by atoms with Gasteiger partial charge in [0.25, 0.3) is 0 Å². The number of carboxylic acids is 1. The van der Waals surface area contributed by atoms with Crippen LogP contribution in [0.2, 0.25) is 0 Å². The van der Waals surface area contributed by atoms with Crippen LogP contribution in [0.3, 0.4) is 0 Å². The Morgan fingerprint density at radius 2 is 1.15 bits per heavy atom. The van der Waals surface area contributed by atoms with Crippen molar-refractivity contribution >= 4 is 11.9 Å². The smallest absolute Gasteiger partial charge is 0.462 e. The van der Waals surface area contributed by atoms with Crippen LogP contribution in [-0.4, -0.2) is 58.9 Å².